The Labute approximate surface area is 116 Å². The van der Waals surface area contributed by atoms with Gasteiger partial charge in [-0.3, -0.25) is 4.90 Å². The highest BCUT2D eigenvalue weighted by molar-refractivity contribution is 9.10. The molecule has 0 aliphatic carbocycles. The molecule has 4 nitrogen and oxygen atoms in total. The molecule has 0 fully saturated rings. The second-order valence-electron chi connectivity index (χ2n) is 4.48. The SMILES string of the molecule is CN(Cc1ccc(N)c(Br)c1)Cc1nccn1C. The monoisotopic (exact) mass is 308 g/mol. The van der Waals surface area contributed by atoms with Gasteiger partial charge in [0.1, 0.15) is 5.82 Å². The summed E-state index contributed by atoms with van der Waals surface area (Å²) in [6, 6.07) is 6.04. The first kappa shape index (κ1) is 13.1. The van der Waals surface area contributed by atoms with Gasteiger partial charge in [0.2, 0.25) is 0 Å². The van der Waals surface area contributed by atoms with Crippen LogP contribution in [0.25, 0.3) is 0 Å². The van der Waals surface area contributed by atoms with E-state index in [2.05, 4.69) is 45.0 Å². The van der Waals surface area contributed by atoms with Crippen molar-refractivity contribution in [2.45, 2.75) is 13.1 Å². The second-order valence-corrected chi connectivity index (χ2v) is 5.34. The molecule has 0 atom stereocenters. The van der Waals surface area contributed by atoms with Crippen molar-refractivity contribution in [3.05, 3.63) is 46.5 Å². The van der Waals surface area contributed by atoms with E-state index in [-0.39, 0.29) is 0 Å². The van der Waals surface area contributed by atoms with Crippen LogP contribution in [0, 0.1) is 0 Å². The Bertz CT molecular complexity index is 536. The Morgan fingerprint density at radius 2 is 2.17 bits per heavy atom. The summed E-state index contributed by atoms with van der Waals surface area (Å²) in [5.74, 6) is 1.06. The molecule has 0 aliphatic rings. The maximum absolute atomic E-state index is 5.78. The number of halogens is 1. The zero-order chi connectivity index (χ0) is 13.1. The minimum Gasteiger partial charge on any atom is -0.398 e. The molecule has 0 bridgehead atoms. The predicted molar refractivity (Wildman–Crippen MR) is 76.9 cm³/mol. The normalized spacial score (nSPS) is 11.1. The van der Waals surface area contributed by atoms with Crippen molar-refractivity contribution in [2.24, 2.45) is 7.05 Å². The molecule has 0 spiro atoms. The molecule has 0 saturated carbocycles. The number of benzene rings is 1. The molecule has 0 amide bonds. The summed E-state index contributed by atoms with van der Waals surface area (Å²) in [5.41, 5.74) is 7.77. The third-order valence-electron chi connectivity index (χ3n) is 2.85. The van der Waals surface area contributed by atoms with Crippen molar-refractivity contribution in [1.29, 1.82) is 0 Å². The van der Waals surface area contributed by atoms with Crippen LogP contribution in [0.4, 0.5) is 5.69 Å². The lowest BCUT2D eigenvalue weighted by Crippen LogP contribution is -2.19. The van der Waals surface area contributed by atoms with Gasteiger partial charge < -0.3 is 10.3 Å². The lowest BCUT2D eigenvalue weighted by molar-refractivity contribution is 0.307. The van der Waals surface area contributed by atoms with Crippen LogP contribution in [0.2, 0.25) is 0 Å². The van der Waals surface area contributed by atoms with Crippen molar-refractivity contribution in [1.82, 2.24) is 14.5 Å². The molecule has 0 radical (unpaired) electrons. The molecule has 5 heteroatoms. The Morgan fingerprint density at radius 3 is 2.78 bits per heavy atom. The first-order chi connectivity index (χ1) is 8.56. The Hall–Kier alpha value is -1.33. The van der Waals surface area contributed by atoms with Crippen LogP contribution in [0.15, 0.2) is 35.1 Å². The summed E-state index contributed by atoms with van der Waals surface area (Å²) >= 11 is 3.45. The van der Waals surface area contributed by atoms with Gasteiger partial charge in [-0.25, -0.2) is 4.98 Å². The standard InChI is InChI=1S/C13H17BrN4/c1-17(9-13-16-5-6-18(13)2)8-10-3-4-12(15)11(14)7-10/h3-7H,8-9,15H2,1-2H3. The maximum Gasteiger partial charge on any atom is 0.122 e. The quantitative estimate of drug-likeness (QED) is 0.882. The highest BCUT2D eigenvalue weighted by atomic mass is 79.9. The molecule has 1 heterocycles. The number of hydrogen-bond donors (Lipinski definition) is 1. The van der Waals surface area contributed by atoms with Gasteiger partial charge in [0, 0.05) is 36.1 Å². The van der Waals surface area contributed by atoms with Gasteiger partial charge in [0.15, 0.2) is 0 Å². The Balaban J connectivity index is 2.01. The molecule has 2 N–H and O–H groups in total. The van der Waals surface area contributed by atoms with E-state index in [1.165, 1.54) is 5.56 Å². The van der Waals surface area contributed by atoms with Gasteiger partial charge in [-0.2, -0.15) is 0 Å². The molecule has 0 saturated heterocycles. The molecule has 2 rings (SSSR count). The second kappa shape index (κ2) is 5.54. The number of anilines is 1. The predicted octanol–water partition coefficient (Wildman–Crippen LogP) is 2.40. The van der Waals surface area contributed by atoms with E-state index < -0.39 is 0 Å². The molecule has 1 aromatic heterocycles. The van der Waals surface area contributed by atoms with Crippen molar-refractivity contribution in [3.8, 4) is 0 Å². The van der Waals surface area contributed by atoms with Crippen LogP contribution in [0.1, 0.15) is 11.4 Å². The van der Waals surface area contributed by atoms with E-state index in [9.17, 15) is 0 Å². The molecular formula is C13H17BrN4. The average Bonchev–Trinajstić information content (AvgIpc) is 2.70. The number of nitrogens with zero attached hydrogens (tertiary/aromatic N) is 3. The summed E-state index contributed by atoms with van der Waals surface area (Å²) in [5, 5.41) is 0. The Morgan fingerprint density at radius 1 is 1.39 bits per heavy atom. The van der Waals surface area contributed by atoms with E-state index >= 15 is 0 Å². The number of rotatable bonds is 4. The zero-order valence-corrected chi connectivity index (χ0v) is 12.2. The van der Waals surface area contributed by atoms with E-state index in [1.807, 2.05) is 30.1 Å². The number of aromatic nitrogens is 2. The fraction of sp³-hybridized carbons (Fsp3) is 0.308. The average molecular weight is 309 g/mol. The smallest absolute Gasteiger partial charge is 0.122 e. The first-order valence-corrected chi connectivity index (χ1v) is 6.54. The molecule has 18 heavy (non-hydrogen) atoms. The highest BCUT2D eigenvalue weighted by Gasteiger charge is 2.06. The van der Waals surface area contributed by atoms with Crippen LogP contribution in [0.5, 0.6) is 0 Å². The fourth-order valence-corrected chi connectivity index (χ4v) is 2.25. The molecule has 1 aromatic carbocycles. The molecular weight excluding hydrogens is 292 g/mol. The van der Waals surface area contributed by atoms with E-state index in [0.717, 1.165) is 29.1 Å². The van der Waals surface area contributed by atoms with Crippen molar-refractivity contribution in [3.63, 3.8) is 0 Å². The number of hydrogen-bond acceptors (Lipinski definition) is 3. The summed E-state index contributed by atoms with van der Waals surface area (Å²) in [6.07, 6.45) is 3.78. The summed E-state index contributed by atoms with van der Waals surface area (Å²) < 4.78 is 2.99. The van der Waals surface area contributed by atoms with Crippen LogP contribution in [0.3, 0.4) is 0 Å². The van der Waals surface area contributed by atoms with E-state index in [4.69, 9.17) is 5.73 Å². The molecule has 96 valence electrons. The van der Waals surface area contributed by atoms with E-state index in [1.54, 1.807) is 0 Å². The highest BCUT2D eigenvalue weighted by Crippen LogP contribution is 2.21. The minimum absolute atomic E-state index is 0.769. The zero-order valence-electron chi connectivity index (χ0n) is 10.6. The first-order valence-electron chi connectivity index (χ1n) is 5.75. The molecule has 2 aromatic rings. The summed E-state index contributed by atoms with van der Waals surface area (Å²) in [4.78, 5) is 6.54. The van der Waals surface area contributed by atoms with Crippen molar-refractivity contribution < 1.29 is 0 Å². The van der Waals surface area contributed by atoms with Gasteiger partial charge in [0.05, 0.1) is 6.54 Å². The Kier molecular flexibility index (Phi) is 4.04. The number of nitrogen functional groups attached to an aromatic ring is 1. The topological polar surface area (TPSA) is 47.1 Å². The maximum atomic E-state index is 5.78. The summed E-state index contributed by atoms with van der Waals surface area (Å²) in [7, 11) is 4.09. The van der Waals surface area contributed by atoms with Gasteiger partial charge in [-0.05, 0) is 40.7 Å². The largest absolute Gasteiger partial charge is 0.398 e. The molecule has 0 aliphatic heterocycles. The summed E-state index contributed by atoms with van der Waals surface area (Å²) in [6.45, 7) is 1.69. The van der Waals surface area contributed by atoms with Crippen LogP contribution < -0.4 is 5.73 Å². The van der Waals surface area contributed by atoms with Gasteiger partial charge >= 0.3 is 0 Å². The van der Waals surface area contributed by atoms with Gasteiger partial charge in [-0.15, -0.1) is 0 Å². The van der Waals surface area contributed by atoms with Gasteiger partial charge in [-0.1, -0.05) is 6.07 Å². The number of imidazole rings is 1. The van der Waals surface area contributed by atoms with Crippen molar-refractivity contribution >= 4 is 21.6 Å². The lowest BCUT2D eigenvalue weighted by atomic mass is 10.2. The third-order valence-corrected chi connectivity index (χ3v) is 3.54. The van der Waals surface area contributed by atoms with Crippen LogP contribution in [-0.4, -0.2) is 21.5 Å². The minimum atomic E-state index is 0.769. The van der Waals surface area contributed by atoms with Crippen LogP contribution >= 0.6 is 15.9 Å². The van der Waals surface area contributed by atoms with Crippen molar-refractivity contribution in [2.75, 3.05) is 12.8 Å². The van der Waals surface area contributed by atoms with Crippen LogP contribution in [-0.2, 0) is 20.1 Å². The van der Waals surface area contributed by atoms with E-state index in [0.29, 0.717) is 0 Å². The third kappa shape index (κ3) is 3.11. The lowest BCUT2D eigenvalue weighted by Gasteiger charge is -2.16. The fourth-order valence-electron chi connectivity index (χ4n) is 1.83. The molecule has 0 unspecified atom stereocenters. The van der Waals surface area contributed by atoms with Gasteiger partial charge in [0.25, 0.3) is 0 Å². The number of aryl methyl sites for hydroxylation is 1. The number of nitrogens with two attached hydrogens (primary N) is 1.